The molecule has 1 atom stereocenters. The maximum atomic E-state index is 13.1. The van der Waals surface area contributed by atoms with Crippen molar-refractivity contribution in [3.8, 4) is 11.8 Å². The third-order valence-corrected chi connectivity index (χ3v) is 6.09. The molecule has 1 aliphatic rings. The summed E-state index contributed by atoms with van der Waals surface area (Å²) in [6, 6.07) is 23.4. The van der Waals surface area contributed by atoms with Crippen LogP contribution < -0.4 is 5.32 Å². The quantitative estimate of drug-likeness (QED) is 0.496. The lowest BCUT2D eigenvalue weighted by atomic mass is 9.74. The van der Waals surface area contributed by atoms with Gasteiger partial charge >= 0.3 is 0 Å². The van der Waals surface area contributed by atoms with Crippen molar-refractivity contribution in [3.05, 3.63) is 99.5 Å². The van der Waals surface area contributed by atoms with Crippen LogP contribution in [0, 0.1) is 11.8 Å². The van der Waals surface area contributed by atoms with Crippen LogP contribution in [0.1, 0.15) is 29.5 Å². The van der Waals surface area contributed by atoms with E-state index in [4.69, 9.17) is 23.2 Å². The second-order valence-corrected chi connectivity index (χ2v) is 7.99. The Morgan fingerprint density at radius 3 is 2.45 bits per heavy atom. The van der Waals surface area contributed by atoms with Crippen LogP contribution in [0.2, 0.25) is 10.0 Å². The Labute approximate surface area is 180 Å². The third kappa shape index (κ3) is 4.03. The van der Waals surface area contributed by atoms with Crippen molar-refractivity contribution in [2.45, 2.75) is 24.7 Å². The number of halogens is 2. The summed E-state index contributed by atoms with van der Waals surface area (Å²) in [4.78, 5) is 13.1. The summed E-state index contributed by atoms with van der Waals surface area (Å²) in [6.45, 7) is 0. The Morgan fingerprint density at radius 1 is 0.897 bits per heavy atom. The number of carbonyl (C=O) groups excluding carboxylic acids is 1. The summed E-state index contributed by atoms with van der Waals surface area (Å²) in [7, 11) is 0. The zero-order chi connectivity index (χ0) is 20.3. The molecule has 0 radical (unpaired) electrons. The average molecular weight is 420 g/mol. The van der Waals surface area contributed by atoms with Crippen LogP contribution in [0.25, 0.3) is 0 Å². The van der Waals surface area contributed by atoms with Gasteiger partial charge in [-0.15, -0.1) is 0 Å². The topological polar surface area (TPSA) is 29.1 Å². The first-order valence-electron chi connectivity index (χ1n) is 9.47. The number of para-hydroxylation sites is 1. The normalized spacial score (nSPS) is 17.2. The van der Waals surface area contributed by atoms with E-state index < -0.39 is 5.41 Å². The fraction of sp³-hybridized carbons (Fsp3) is 0.160. The first-order valence-corrected chi connectivity index (χ1v) is 10.2. The van der Waals surface area contributed by atoms with Crippen molar-refractivity contribution in [3.63, 3.8) is 0 Å². The number of amides is 1. The lowest BCUT2D eigenvalue weighted by Crippen LogP contribution is -2.34. The van der Waals surface area contributed by atoms with Crippen LogP contribution in [0.4, 0.5) is 5.69 Å². The molecule has 1 amide bonds. The standard InChI is InChI=1S/C25H19Cl2NO/c26-21-13-12-19(17-22(21)27)9-6-15-25(16-14-18-7-2-1-3-8-18)20-10-4-5-11-23(20)28-24(25)29/h1-5,7-8,10-13,17H,14-16H2,(H,28,29)/t25-/m0/s1. The van der Waals surface area contributed by atoms with Gasteiger partial charge in [0.1, 0.15) is 0 Å². The molecule has 4 rings (SSSR count). The lowest BCUT2D eigenvalue weighted by molar-refractivity contribution is -0.120. The molecule has 0 saturated carbocycles. The molecule has 0 aliphatic carbocycles. The highest BCUT2D eigenvalue weighted by Crippen LogP contribution is 2.43. The number of carbonyl (C=O) groups is 1. The lowest BCUT2D eigenvalue weighted by Gasteiger charge is -2.25. The largest absolute Gasteiger partial charge is 0.325 e. The molecular weight excluding hydrogens is 401 g/mol. The number of anilines is 1. The molecule has 29 heavy (non-hydrogen) atoms. The summed E-state index contributed by atoms with van der Waals surface area (Å²) < 4.78 is 0. The molecule has 3 aromatic carbocycles. The summed E-state index contributed by atoms with van der Waals surface area (Å²) in [5, 5.41) is 4.02. The molecule has 1 aliphatic heterocycles. The minimum absolute atomic E-state index is 0.0121. The SMILES string of the molecule is O=C1Nc2ccccc2[C@]1(CC#Cc1ccc(Cl)c(Cl)c1)CCc1ccccc1. The van der Waals surface area contributed by atoms with Gasteiger partial charge in [0.2, 0.25) is 5.91 Å². The fourth-order valence-corrected chi connectivity index (χ4v) is 4.06. The third-order valence-electron chi connectivity index (χ3n) is 5.35. The van der Waals surface area contributed by atoms with Crippen LogP contribution in [0.5, 0.6) is 0 Å². The fourth-order valence-electron chi connectivity index (χ4n) is 3.76. The first-order chi connectivity index (χ1) is 14.1. The highest BCUT2D eigenvalue weighted by molar-refractivity contribution is 6.42. The van der Waals surface area contributed by atoms with Crippen molar-refractivity contribution < 1.29 is 4.79 Å². The van der Waals surface area contributed by atoms with Gasteiger partial charge in [0.25, 0.3) is 0 Å². The number of hydrogen-bond acceptors (Lipinski definition) is 1. The number of rotatable bonds is 4. The number of nitrogens with one attached hydrogen (secondary N) is 1. The zero-order valence-corrected chi connectivity index (χ0v) is 17.2. The molecule has 0 unspecified atom stereocenters. The molecule has 4 heteroatoms. The van der Waals surface area contributed by atoms with Gasteiger partial charge in [-0.1, -0.05) is 83.6 Å². The molecule has 0 bridgehead atoms. The Kier molecular flexibility index (Phi) is 5.62. The summed E-state index contributed by atoms with van der Waals surface area (Å²) >= 11 is 12.1. The van der Waals surface area contributed by atoms with E-state index in [9.17, 15) is 4.79 Å². The molecule has 0 saturated heterocycles. The average Bonchev–Trinajstić information content (AvgIpc) is 3.02. The van der Waals surface area contributed by atoms with Gasteiger partial charge in [-0.05, 0) is 48.2 Å². The highest BCUT2D eigenvalue weighted by atomic mass is 35.5. The molecule has 2 nitrogen and oxygen atoms in total. The first kappa shape index (κ1) is 19.6. The Hall–Kier alpha value is -2.73. The second-order valence-electron chi connectivity index (χ2n) is 7.17. The van der Waals surface area contributed by atoms with Crippen LogP contribution in [-0.2, 0) is 16.6 Å². The smallest absolute Gasteiger partial charge is 0.236 e. The van der Waals surface area contributed by atoms with E-state index in [1.807, 2.05) is 48.5 Å². The maximum absolute atomic E-state index is 13.1. The van der Waals surface area contributed by atoms with Gasteiger partial charge in [0.15, 0.2) is 0 Å². The van der Waals surface area contributed by atoms with E-state index in [0.29, 0.717) is 22.9 Å². The Balaban J connectivity index is 1.65. The predicted molar refractivity (Wildman–Crippen MR) is 119 cm³/mol. The van der Waals surface area contributed by atoms with E-state index in [1.165, 1.54) is 5.56 Å². The minimum atomic E-state index is -0.671. The number of aryl methyl sites for hydroxylation is 1. The molecule has 0 aromatic heterocycles. The molecular formula is C25H19Cl2NO. The molecule has 1 N–H and O–H groups in total. The maximum Gasteiger partial charge on any atom is 0.236 e. The summed E-state index contributed by atoms with van der Waals surface area (Å²) in [6.07, 6.45) is 1.93. The van der Waals surface area contributed by atoms with Crippen molar-refractivity contribution in [2.75, 3.05) is 5.32 Å². The van der Waals surface area contributed by atoms with E-state index in [1.54, 1.807) is 12.1 Å². The number of fused-ring (bicyclic) bond motifs is 1. The number of benzene rings is 3. The molecule has 144 valence electrons. The minimum Gasteiger partial charge on any atom is -0.325 e. The Bertz CT molecular complexity index is 1110. The van der Waals surface area contributed by atoms with E-state index in [-0.39, 0.29) is 5.91 Å². The Morgan fingerprint density at radius 2 is 1.66 bits per heavy atom. The van der Waals surface area contributed by atoms with Crippen molar-refractivity contribution in [1.29, 1.82) is 0 Å². The molecule has 0 fully saturated rings. The van der Waals surface area contributed by atoms with Crippen LogP contribution in [-0.4, -0.2) is 5.91 Å². The van der Waals surface area contributed by atoms with E-state index >= 15 is 0 Å². The van der Waals surface area contributed by atoms with Crippen molar-refractivity contribution in [2.24, 2.45) is 0 Å². The van der Waals surface area contributed by atoms with Crippen LogP contribution in [0.15, 0.2) is 72.8 Å². The van der Waals surface area contributed by atoms with Gasteiger partial charge < -0.3 is 5.32 Å². The van der Waals surface area contributed by atoms with Crippen molar-refractivity contribution in [1.82, 2.24) is 0 Å². The van der Waals surface area contributed by atoms with E-state index in [2.05, 4.69) is 29.3 Å². The van der Waals surface area contributed by atoms with Gasteiger partial charge in [0, 0.05) is 17.7 Å². The van der Waals surface area contributed by atoms with E-state index in [0.717, 1.165) is 23.2 Å². The predicted octanol–water partition coefficient (Wildman–Crippen LogP) is 6.26. The van der Waals surface area contributed by atoms with Gasteiger partial charge in [-0.2, -0.15) is 0 Å². The highest BCUT2D eigenvalue weighted by Gasteiger charge is 2.45. The van der Waals surface area contributed by atoms with Gasteiger partial charge in [0.05, 0.1) is 15.5 Å². The molecule has 1 heterocycles. The second kappa shape index (κ2) is 8.33. The summed E-state index contributed by atoms with van der Waals surface area (Å²) in [5.41, 5.74) is 3.22. The van der Waals surface area contributed by atoms with Gasteiger partial charge in [-0.3, -0.25) is 4.79 Å². The van der Waals surface area contributed by atoms with Crippen LogP contribution in [0.3, 0.4) is 0 Å². The van der Waals surface area contributed by atoms with Crippen LogP contribution >= 0.6 is 23.2 Å². The summed E-state index contributed by atoms with van der Waals surface area (Å²) in [5.74, 6) is 6.38. The molecule has 3 aromatic rings. The molecule has 0 spiro atoms. The van der Waals surface area contributed by atoms with Crippen molar-refractivity contribution >= 4 is 34.8 Å². The number of hydrogen-bond donors (Lipinski definition) is 1. The zero-order valence-electron chi connectivity index (χ0n) is 15.7. The monoisotopic (exact) mass is 419 g/mol. The van der Waals surface area contributed by atoms with Gasteiger partial charge in [-0.25, -0.2) is 0 Å².